The van der Waals surface area contributed by atoms with E-state index in [0.29, 0.717) is 5.75 Å². The summed E-state index contributed by atoms with van der Waals surface area (Å²) < 4.78 is 5.14. The number of rotatable bonds is 3. The first-order valence-corrected chi connectivity index (χ1v) is 4.15. The highest BCUT2D eigenvalue weighted by Crippen LogP contribution is 2.26. The Labute approximate surface area is 78.1 Å². The molecule has 1 rings (SSSR count). The molecule has 3 heteroatoms. The topological polar surface area (TPSA) is 55.5 Å². The predicted octanol–water partition coefficient (Wildman–Crippen LogP) is 0.861. The van der Waals surface area contributed by atoms with E-state index in [1.165, 1.54) is 0 Å². The van der Waals surface area contributed by atoms with E-state index in [2.05, 4.69) is 0 Å². The monoisotopic (exact) mass is 181 g/mol. The highest BCUT2D eigenvalue weighted by Gasteiger charge is 2.23. The fourth-order valence-corrected chi connectivity index (χ4v) is 1.20. The van der Waals surface area contributed by atoms with Crippen molar-refractivity contribution in [3.8, 4) is 5.75 Å². The molecule has 0 aliphatic heterocycles. The zero-order valence-electron chi connectivity index (χ0n) is 7.95. The molecule has 0 aromatic heterocycles. The Morgan fingerprint density at radius 2 is 2.08 bits per heavy atom. The third kappa shape index (κ3) is 1.99. The third-order valence-corrected chi connectivity index (χ3v) is 2.05. The van der Waals surface area contributed by atoms with Gasteiger partial charge in [-0.3, -0.25) is 0 Å². The molecule has 3 nitrogen and oxygen atoms in total. The summed E-state index contributed by atoms with van der Waals surface area (Å²) in [5, 5.41) is 9.09. The van der Waals surface area contributed by atoms with Crippen molar-refractivity contribution < 1.29 is 9.84 Å². The number of hydrogen-bond donors (Lipinski definition) is 2. The fourth-order valence-electron chi connectivity index (χ4n) is 1.20. The summed E-state index contributed by atoms with van der Waals surface area (Å²) in [5.74, 6) is 0.710. The Hall–Kier alpha value is -1.06. The fraction of sp³-hybridized carbons (Fsp3) is 0.400. The van der Waals surface area contributed by atoms with E-state index in [1.807, 2.05) is 24.3 Å². The van der Waals surface area contributed by atoms with Gasteiger partial charge in [0.2, 0.25) is 0 Å². The van der Waals surface area contributed by atoms with Gasteiger partial charge in [-0.15, -0.1) is 0 Å². The van der Waals surface area contributed by atoms with E-state index in [-0.39, 0.29) is 6.61 Å². The highest BCUT2D eigenvalue weighted by molar-refractivity contribution is 5.38. The Morgan fingerprint density at radius 1 is 1.46 bits per heavy atom. The van der Waals surface area contributed by atoms with Gasteiger partial charge in [-0.25, -0.2) is 0 Å². The van der Waals surface area contributed by atoms with Crippen molar-refractivity contribution in [2.45, 2.75) is 12.5 Å². The van der Waals surface area contributed by atoms with Crippen molar-refractivity contribution in [1.29, 1.82) is 0 Å². The third-order valence-electron chi connectivity index (χ3n) is 2.05. The molecule has 0 aliphatic carbocycles. The summed E-state index contributed by atoms with van der Waals surface area (Å²) in [6.45, 7) is 1.66. The van der Waals surface area contributed by atoms with Gasteiger partial charge >= 0.3 is 0 Å². The number of nitrogens with two attached hydrogens (primary N) is 1. The Bertz CT molecular complexity index is 284. The van der Waals surface area contributed by atoms with Crippen LogP contribution in [0.25, 0.3) is 0 Å². The molecule has 1 atom stereocenters. The van der Waals surface area contributed by atoms with Crippen molar-refractivity contribution >= 4 is 0 Å². The molecule has 0 aliphatic rings. The molecule has 0 unspecified atom stereocenters. The van der Waals surface area contributed by atoms with Gasteiger partial charge in [0.25, 0.3) is 0 Å². The molecule has 0 saturated heterocycles. The van der Waals surface area contributed by atoms with Crippen molar-refractivity contribution in [3.63, 3.8) is 0 Å². The van der Waals surface area contributed by atoms with Crippen LogP contribution in [0.1, 0.15) is 12.5 Å². The van der Waals surface area contributed by atoms with Crippen molar-refractivity contribution in [3.05, 3.63) is 29.8 Å². The average Bonchev–Trinajstić information content (AvgIpc) is 2.18. The number of methoxy groups -OCH3 is 1. The lowest BCUT2D eigenvalue weighted by molar-refractivity contribution is 0.206. The second-order valence-corrected chi connectivity index (χ2v) is 3.28. The zero-order valence-corrected chi connectivity index (χ0v) is 7.95. The van der Waals surface area contributed by atoms with E-state index in [4.69, 9.17) is 15.6 Å². The first-order chi connectivity index (χ1) is 6.11. The number of aliphatic hydroxyl groups is 1. The summed E-state index contributed by atoms with van der Waals surface area (Å²) in [7, 11) is 1.59. The number of benzene rings is 1. The van der Waals surface area contributed by atoms with Crippen LogP contribution in [0.5, 0.6) is 5.75 Å². The molecule has 0 saturated carbocycles. The molecule has 1 aromatic rings. The second-order valence-electron chi connectivity index (χ2n) is 3.28. The Balaban J connectivity index is 3.12. The summed E-state index contributed by atoms with van der Waals surface area (Å²) >= 11 is 0. The normalized spacial score (nSPS) is 15.1. The van der Waals surface area contributed by atoms with Crippen molar-refractivity contribution in [2.24, 2.45) is 5.73 Å². The van der Waals surface area contributed by atoms with Crippen LogP contribution in [0.3, 0.4) is 0 Å². The van der Waals surface area contributed by atoms with E-state index in [0.717, 1.165) is 5.56 Å². The smallest absolute Gasteiger partial charge is 0.123 e. The molecule has 0 amide bonds. The molecule has 0 fully saturated rings. The van der Waals surface area contributed by atoms with Gasteiger partial charge in [-0.2, -0.15) is 0 Å². The number of hydrogen-bond acceptors (Lipinski definition) is 3. The lowest BCUT2D eigenvalue weighted by Gasteiger charge is -2.24. The minimum absolute atomic E-state index is 0.104. The number of para-hydroxylation sites is 1. The minimum atomic E-state index is -0.743. The van der Waals surface area contributed by atoms with Gasteiger partial charge in [0.1, 0.15) is 5.75 Å². The lowest BCUT2D eigenvalue weighted by atomic mass is 9.93. The maximum atomic E-state index is 9.09. The SMILES string of the molecule is COc1ccccc1[C@@](C)(N)CO. The number of ether oxygens (including phenoxy) is 1. The molecule has 0 bridgehead atoms. The summed E-state index contributed by atoms with van der Waals surface area (Å²) in [4.78, 5) is 0. The van der Waals surface area contributed by atoms with Gasteiger partial charge in [0.05, 0.1) is 19.3 Å². The van der Waals surface area contributed by atoms with Crippen molar-refractivity contribution in [2.75, 3.05) is 13.7 Å². The van der Waals surface area contributed by atoms with Gasteiger partial charge in [-0.05, 0) is 13.0 Å². The summed E-state index contributed by atoms with van der Waals surface area (Å²) in [6.07, 6.45) is 0. The first kappa shape index (κ1) is 10.0. The Morgan fingerprint density at radius 3 is 2.62 bits per heavy atom. The molecule has 0 radical (unpaired) electrons. The van der Waals surface area contributed by atoms with Crippen LogP contribution >= 0.6 is 0 Å². The molecular weight excluding hydrogens is 166 g/mol. The largest absolute Gasteiger partial charge is 0.496 e. The van der Waals surface area contributed by atoms with Crippen molar-refractivity contribution in [1.82, 2.24) is 0 Å². The first-order valence-electron chi connectivity index (χ1n) is 4.15. The summed E-state index contributed by atoms with van der Waals surface area (Å²) in [5.41, 5.74) is 5.96. The van der Waals surface area contributed by atoms with Crippen LogP contribution < -0.4 is 10.5 Å². The van der Waals surface area contributed by atoms with Crippen LogP contribution in [0.2, 0.25) is 0 Å². The standard InChI is InChI=1S/C10H15NO2/c1-10(11,7-12)8-5-3-4-6-9(8)13-2/h3-6,12H,7,11H2,1-2H3/t10-/m0/s1. The highest BCUT2D eigenvalue weighted by atomic mass is 16.5. The predicted molar refractivity (Wildman–Crippen MR) is 51.6 cm³/mol. The maximum Gasteiger partial charge on any atom is 0.123 e. The molecule has 72 valence electrons. The number of aliphatic hydroxyl groups excluding tert-OH is 1. The van der Waals surface area contributed by atoms with Crippen LogP contribution in [0.4, 0.5) is 0 Å². The minimum Gasteiger partial charge on any atom is -0.496 e. The average molecular weight is 181 g/mol. The van der Waals surface area contributed by atoms with Crippen LogP contribution in [0.15, 0.2) is 24.3 Å². The van der Waals surface area contributed by atoms with E-state index >= 15 is 0 Å². The zero-order chi connectivity index (χ0) is 9.90. The van der Waals surface area contributed by atoms with E-state index < -0.39 is 5.54 Å². The van der Waals surface area contributed by atoms with Gasteiger partial charge < -0.3 is 15.6 Å². The molecule has 1 aromatic carbocycles. The Kier molecular flexibility index (Phi) is 2.90. The van der Waals surface area contributed by atoms with Gasteiger partial charge in [-0.1, -0.05) is 18.2 Å². The van der Waals surface area contributed by atoms with Crippen LogP contribution in [0, 0.1) is 0 Å². The molecule has 3 N–H and O–H groups in total. The molecule has 13 heavy (non-hydrogen) atoms. The maximum absolute atomic E-state index is 9.09. The van der Waals surface area contributed by atoms with Crippen LogP contribution in [-0.2, 0) is 5.54 Å². The summed E-state index contributed by atoms with van der Waals surface area (Å²) in [6, 6.07) is 7.43. The molecular formula is C10H15NO2. The van der Waals surface area contributed by atoms with E-state index in [9.17, 15) is 0 Å². The van der Waals surface area contributed by atoms with Gasteiger partial charge in [0, 0.05) is 5.56 Å². The molecule has 0 heterocycles. The lowest BCUT2D eigenvalue weighted by Crippen LogP contribution is -2.37. The van der Waals surface area contributed by atoms with E-state index in [1.54, 1.807) is 14.0 Å². The van der Waals surface area contributed by atoms with Crippen LogP contribution in [-0.4, -0.2) is 18.8 Å². The quantitative estimate of drug-likeness (QED) is 0.727. The van der Waals surface area contributed by atoms with Gasteiger partial charge in [0.15, 0.2) is 0 Å². The second kappa shape index (κ2) is 3.77. The molecule has 0 spiro atoms.